The SMILES string of the molecule is CCOC1=C2CN(S(=O)(=O)c3ccc(C)cc3)[C@H](c3cccc(Cl)c3)C[C@@H]2N(S(=O)(=O)c2ccc(Cl)cc2)[C@H](c2ccccc2)C1. The van der Waals surface area contributed by atoms with Crippen molar-refractivity contribution < 1.29 is 21.6 Å². The summed E-state index contributed by atoms with van der Waals surface area (Å²) >= 11 is 12.6. The number of piperidine rings is 1. The van der Waals surface area contributed by atoms with E-state index in [1.54, 1.807) is 58.9 Å². The number of aryl methyl sites for hydroxylation is 1. The maximum Gasteiger partial charge on any atom is 0.244 e. The van der Waals surface area contributed by atoms with Gasteiger partial charge in [-0.15, -0.1) is 0 Å². The van der Waals surface area contributed by atoms with Crippen molar-refractivity contribution in [3.63, 3.8) is 0 Å². The van der Waals surface area contributed by atoms with Gasteiger partial charge in [0, 0.05) is 28.6 Å². The first kappa shape index (κ1) is 32.7. The molecule has 4 aromatic carbocycles. The average Bonchev–Trinajstić information content (AvgIpc) is 3.05. The van der Waals surface area contributed by atoms with Crippen LogP contribution in [-0.4, -0.2) is 44.6 Å². The molecule has 0 radical (unpaired) electrons. The highest BCUT2D eigenvalue weighted by Crippen LogP contribution is 2.49. The maximum atomic E-state index is 14.7. The van der Waals surface area contributed by atoms with Crippen molar-refractivity contribution in [1.29, 1.82) is 0 Å². The highest BCUT2D eigenvalue weighted by molar-refractivity contribution is 7.89. The van der Waals surface area contributed by atoms with E-state index in [0.717, 1.165) is 11.1 Å². The molecule has 46 heavy (non-hydrogen) atoms. The number of hydrogen-bond acceptors (Lipinski definition) is 5. The van der Waals surface area contributed by atoms with Crippen LogP contribution in [0, 0.1) is 6.92 Å². The summed E-state index contributed by atoms with van der Waals surface area (Å²) in [5.74, 6) is 0.609. The number of benzene rings is 4. The Morgan fingerprint density at radius 3 is 2.00 bits per heavy atom. The molecular weight excluding hydrogens is 663 g/mol. The van der Waals surface area contributed by atoms with Crippen molar-refractivity contribution in [3.8, 4) is 0 Å². The Labute approximate surface area is 281 Å². The second kappa shape index (κ2) is 13.1. The van der Waals surface area contributed by atoms with E-state index in [0.29, 0.717) is 33.5 Å². The summed E-state index contributed by atoms with van der Waals surface area (Å²) in [6, 6.07) is 27.4. The number of rotatable bonds is 8. The molecule has 2 heterocycles. The van der Waals surface area contributed by atoms with Crippen LogP contribution in [0.15, 0.2) is 124 Å². The Morgan fingerprint density at radius 1 is 0.717 bits per heavy atom. The molecule has 0 spiro atoms. The Bertz CT molecular complexity index is 1970. The Kier molecular flexibility index (Phi) is 9.36. The fourth-order valence-electron chi connectivity index (χ4n) is 6.44. The topological polar surface area (TPSA) is 84.0 Å². The van der Waals surface area contributed by atoms with Gasteiger partial charge in [0.25, 0.3) is 0 Å². The van der Waals surface area contributed by atoms with Crippen LogP contribution < -0.4 is 0 Å². The summed E-state index contributed by atoms with van der Waals surface area (Å²) in [6.07, 6.45) is 0.393. The second-order valence-corrected chi connectivity index (χ2v) is 16.1. The monoisotopic (exact) mass is 696 g/mol. The minimum Gasteiger partial charge on any atom is -0.498 e. The number of nitrogens with zero attached hydrogens (tertiary/aromatic N) is 2. The van der Waals surface area contributed by atoms with Crippen LogP contribution in [0.1, 0.15) is 48.5 Å². The van der Waals surface area contributed by atoms with Crippen LogP contribution in [0.3, 0.4) is 0 Å². The molecule has 0 amide bonds. The van der Waals surface area contributed by atoms with E-state index >= 15 is 0 Å². The van der Waals surface area contributed by atoms with E-state index in [9.17, 15) is 16.8 Å². The summed E-state index contributed by atoms with van der Waals surface area (Å²) in [4.78, 5) is 0.261. The van der Waals surface area contributed by atoms with Gasteiger partial charge in [0.15, 0.2) is 0 Å². The summed E-state index contributed by atoms with van der Waals surface area (Å²) in [5.41, 5.74) is 3.05. The molecule has 0 N–H and O–H groups in total. The zero-order valence-electron chi connectivity index (χ0n) is 25.4. The predicted molar refractivity (Wildman–Crippen MR) is 181 cm³/mol. The molecule has 2 aliphatic rings. The maximum absolute atomic E-state index is 14.7. The molecule has 0 bridgehead atoms. The third kappa shape index (κ3) is 6.24. The van der Waals surface area contributed by atoms with E-state index in [1.165, 1.54) is 16.4 Å². The number of halogens is 2. The van der Waals surface area contributed by atoms with Gasteiger partial charge in [-0.2, -0.15) is 8.61 Å². The van der Waals surface area contributed by atoms with Crippen LogP contribution >= 0.6 is 23.2 Å². The van der Waals surface area contributed by atoms with Gasteiger partial charge in [0.05, 0.1) is 40.3 Å². The molecule has 1 fully saturated rings. The van der Waals surface area contributed by atoms with Crippen LogP contribution in [-0.2, 0) is 24.8 Å². The van der Waals surface area contributed by atoms with Crippen LogP contribution in [0.4, 0.5) is 0 Å². The number of hydrogen-bond donors (Lipinski definition) is 0. The van der Waals surface area contributed by atoms with Crippen LogP contribution in [0.5, 0.6) is 0 Å². The molecule has 1 saturated heterocycles. The highest BCUT2D eigenvalue weighted by atomic mass is 35.5. The van der Waals surface area contributed by atoms with Gasteiger partial charge in [-0.05, 0) is 79.9 Å². The molecule has 7 nitrogen and oxygen atoms in total. The molecule has 0 aromatic heterocycles. The molecule has 11 heteroatoms. The van der Waals surface area contributed by atoms with Crippen molar-refractivity contribution in [3.05, 3.63) is 141 Å². The van der Waals surface area contributed by atoms with E-state index in [2.05, 4.69) is 0 Å². The van der Waals surface area contributed by atoms with Gasteiger partial charge < -0.3 is 4.74 Å². The summed E-state index contributed by atoms with van der Waals surface area (Å²) in [7, 11) is -8.15. The highest BCUT2D eigenvalue weighted by Gasteiger charge is 2.51. The van der Waals surface area contributed by atoms with Gasteiger partial charge in [-0.1, -0.05) is 83.4 Å². The lowest BCUT2D eigenvalue weighted by molar-refractivity contribution is 0.118. The smallest absolute Gasteiger partial charge is 0.244 e. The molecular formula is C35H34Cl2N2O5S2. The first-order chi connectivity index (χ1) is 22.0. The van der Waals surface area contributed by atoms with Crippen LogP contribution in [0.2, 0.25) is 10.0 Å². The quantitative estimate of drug-likeness (QED) is 0.187. The van der Waals surface area contributed by atoms with Crippen molar-refractivity contribution in [2.24, 2.45) is 0 Å². The molecule has 0 unspecified atom stereocenters. The zero-order chi connectivity index (χ0) is 32.6. The van der Waals surface area contributed by atoms with Crippen LogP contribution in [0.25, 0.3) is 0 Å². The average molecular weight is 698 g/mol. The van der Waals surface area contributed by atoms with E-state index in [1.807, 2.05) is 50.2 Å². The first-order valence-electron chi connectivity index (χ1n) is 15.0. The van der Waals surface area contributed by atoms with Crippen molar-refractivity contribution >= 4 is 43.2 Å². The molecule has 0 aliphatic carbocycles. The third-order valence-electron chi connectivity index (χ3n) is 8.63. The lowest BCUT2D eigenvalue weighted by atomic mass is 9.84. The second-order valence-electron chi connectivity index (χ2n) is 11.5. The zero-order valence-corrected chi connectivity index (χ0v) is 28.5. The minimum absolute atomic E-state index is 0.0540. The third-order valence-corrected chi connectivity index (χ3v) is 12.9. The lowest BCUT2D eigenvalue weighted by Gasteiger charge is -2.49. The first-order valence-corrected chi connectivity index (χ1v) is 18.7. The fourth-order valence-corrected chi connectivity index (χ4v) is 10.2. The van der Waals surface area contributed by atoms with Gasteiger partial charge in [-0.25, -0.2) is 16.8 Å². The largest absolute Gasteiger partial charge is 0.498 e. The van der Waals surface area contributed by atoms with Crippen molar-refractivity contribution in [2.45, 2.75) is 54.6 Å². The van der Waals surface area contributed by atoms with Gasteiger partial charge >= 0.3 is 0 Å². The predicted octanol–water partition coefficient (Wildman–Crippen LogP) is 7.93. The number of ether oxygens (including phenoxy) is 1. The fraction of sp³-hybridized carbons (Fsp3) is 0.257. The van der Waals surface area contributed by atoms with Gasteiger partial charge in [-0.3, -0.25) is 0 Å². The van der Waals surface area contributed by atoms with E-state index < -0.39 is 38.2 Å². The van der Waals surface area contributed by atoms with Gasteiger partial charge in [0.2, 0.25) is 20.0 Å². The van der Waals surface area contributed by atoms with Crippen molar-refractivity contribution in [1.82, 2.24) is 8.61 Å². The standard InChI is InChI=1S/C35H34Cl2N2O5S2/c1-3-44-35-22-33(25-8-5-4-6-9-25)39(46(42,43)30-18-14-27(36)15-19-30)34-21-32(26-10-7-11-28(37)20-26)38(23-31(34)35)45(40,41)29-16-12-24(2)13-17-29/h4-20,32-34H,3,21-23H2,1-2H3/t32-,33-,34-/m0/s1. The lowest BCUT2D eigenvalue weighted by Crippen LogP contribution is -2.54. The molecule has 4 aromatic rings. The molecule has 0 saturated carbocycles. The van der Waals surface area contributed by atoms with Gasteiger partial charge in [0.1, 0.15) is 0 Å². The Hall–Kier alpha value is -3.18. The number of sulfonamides is 2. The Morgan fingerprint density at radius 2 is 1.35 bits per heavy atom. The summed E-state index contributed by atoms with van der Waals surface area (Å²) < 4.78 is 67.5. The summed E-state index contributed by atoms with van der Waals surface area (Å²) in [5, 5.41) is 0.880. The summed E-state index contributed by atoms with van der Waals surface area (Å²) in [6.45, 7) is 4.06. The molecule has 3 atom stereocenters. The van der Waals surface area contributed by atoms with E-state index in [4.69, 9.17) is 27.9 Å². The number of fused-ring (bicyclic) bond motifs is 1. The molecule has 240 valence electrons. The van der Waals surface area contributed by atoms with Crippen molar-refractivity contribution in [2.75, 3.05) is 13.2 Å². The van der Waals surface area contributed by atoms with E-state index in [-0.39, 0.29) is 29.2 Å². The molecule has 6 rings (SSSR count). The Balaban J connectivity index is 1.57. The minimum atomic E-state index is -4.12. The normalized spacial score (nSPS) is 21.2. The molecule has 2 aliphatic heterocycles.